The second-order valence-electron chi connectivity index (χ2n) is 12.9. The number of rotatable bonds is 36. The van der Waals surface area contributed by atoms with Crippen LogP contribution in [0.1, 0.15) is 143 Å². The van der Waals surface area contributed by atoms with Gasteiger partial charge in [-0.2, -0.15) is 0 Å². The van der Waals surface area contributed by atoms with Crippen LogP contribution in [0.3, 0.4) is 0 Å². The maximum Gasteiger partial charge on any atom is 0.308 e. The van der Waals surface area contributed by atoms with Gasteiger partial charge in [0.2, 0.25) is 5.91 Å². The summed E-state index contributed by atoms with van der Waals surface area (Å²) in [5.74, 6) is -1.47. The molecule has 0 spiro atoms. The summed E-state index contributed by atoms with van der Waals surface area (Å²) in [4.78, 5) is 60.9. The lowest BCUT2D eigenvalue weighted by Crippen LogP contribution is -2.58. The van der Waals surface area contributed by atoms with E-state index in [0.717, 1.165) is 83.5 Å². The zero-order valence-corrected chi connectivity index (χ0v) is 32.2. The number of hydrogen-bond acceptors (Lipinski definition) is 12. The molecular weight excluding hydrogens is 662 g/mol. The molecule has 1 N–H and O–H groups in total. The van der Waals surface area contributed by atoms with E-state index in [9.17, 15) is 24.0 Å². The third kappa shape index (κ3) is 30.6. The van der Waals surface area contributed by atoms with Gasteiger partial charge in [0.25, 0.3) is 0 Å². The van der Waals surface area contributed by atoms with Crippen molar-refractivity contribution in [3.8, 4) is 0 Å². The van der Waals surface area contributed by atoms with Crippen molar-refractivity contribution in [3.63, 3.8) is 0 Å². The van der Waals surface area contributed by atoms with Gasteiger partial charge in [-0.3, -0.25) is 24.0 Å². The fourth-order valence-corrected chi connectivity index (χ4v) is 4.79. The first kappa shape index (κ1) is 48.2. The number of hydrogen-bond donors (Lipinski definition) is 1. The van der Waals surface area contributed by atoms with Crippen molar-refractivity contribution in [2.45, 2.75) is 148 Å². The van der Waals surface area contributed by atoms with Crippen LogP contribution in [-0.2, 0) is 57.1 Å². The van der Waals surface area contributed by atoms with Crippen LogP contribution in [0.25, 0.3) is 0 Å². The number of carbonyl (C=O) groups is 5. The van der Waals surface area contributed by atoms with Crippen molar-refractivity contribution in [3.05, 3.63) is 0 Å². The SMILES string of the molecule is CCCCOC(=O)CCOCC(COCCC(=O)OCCCC)(COCCC(=O)OCCCC)NC(=O)CCCCCCCCCCC(=O)OC. The average Bonchev–Trinajstić information content (AvgIpc) is 3.11. The van der Waals surface area contributed by atoms with Crippen LogP contribution in [-0.4, -0.2) is 102 Å². The van der Waals surface area contributed by atoms with Gasteiger partial charge in [-0.05, 0) is 32.1 Å². The van der Waals surface area contributed by atoms with Gasteiger partial charge in [0.05, 0.1) is 85.8 Å². The highest BCUT2D eigenvalue weighted by Gasteiger charge is 2.34. The summed E-state index contributed by atoms with van der Waals surface area (Å²) in [6, 6.07) is 0. The van der Waals surface area contributed by atoms with Crippen LogP contribution in [0.15, 0.2) is 0 Å². The number of methoxy groups -OCH3 is 1. The maximum atomic E-state index is 13.3. The monoisotopic (exact) mass is 731 g/mol. The van der Waals surface area contributed by atoms with Crippen molar-refractivity contribution in [2.24, 2.45) is 0 Å². The van der Waals surface area contributed by atoms with E-state index in [4.69, 9.17) is 28.4 Å². The highest BCUT2D eigenvalue weighted by molar-refractivity contribution is 5.77. The summed E-state index contributed by atoms with van der Waals surface area (Å²) in [5.41, 5.74) is -1.15. The molecule has 13 nitrogen and oxygen atoms in total. The largest absolute Gasteiger partial charge is 0.469 e. The number of amides is 1. The number of carbonyl (C=O) groups excluding carboxylic acids is 5. The number of esters is 4. The Morgan fingerprint density at radius 1 is 0.431 bits per heavy atom. The van der Waals surface area contributed by atoms with Gasteiger partial charge in [-0.15, -0.1) is 0 Å². The van der Waals surface area contributed by atoms with Crippen LogP contribution >= 0.6 is 0 Å². The van der Waals surface area contributed by atoms with Crippen LogP contribution in [0.2, 0.25) is 0 Å². The van der Waals surface area contributed by atoms with E-state index in [1.165, 1.54) is 7.11 Å². The van der Waals surface area contributed by atoms with E-state index in [1.54, 1.807) is 0 Å². The Balaban J connectivity index is 5.26. The molecule has 0 radical (unpaired) electrons. The van der Waals surface area contributed by atoms with Gasteiger partial charge in [0.1, 0.15) is 5.54 Å². The minimum atomic E-state index is -1.15. The van der Waals surface area contributed by atoms with Crippen LogP contribution in [0.4, 0.5) is 0 Å². The first-order valence-corrected chi connectivity index (χ1v) is 19.3. The maximum absolute atomic E-state index is 13.3. The van der Waals surface area contributed by atoms with E-state index in [1.807, 2.05) is 20.8 Å². The Labute approximate surface area is 306 Å². The Morgan fingerprint density at radius 2 is 0.784 bits per heavy atom. The molecule has 0 aromatic carbocycles. The van der Waals surface area contributed by atoms with Crippen LogP contribution in [0.5, 0.6) is 0 Å². The van der Waals surface area contributed by atoms with E-state index < -0.39 is 5.54 Å². The molecule has 0 aromatic rings. The molecule has 0 unspecified atom stereocenters. The van der Waals surface area contributed by atoms with E-state index >= 15 is 0 Å². The molecule has 51 heavy (non-hydrogen) atoms. The predicted octanol–water partition coefficient (Wildman–Crippen LogP) is 6.17. The van der Waals surface area contributed by atoms with E-state index in [2.05, 4.69) is 10.1 Å². The van der Waals surface area contributed by atoms with E-state index in [0.29, 0.717) is 32.7 Å². The molecule has 0 atom stereocenters. The lowest BCUT2D eigenvalue weighted by molar-refractivity contribution is -0.146. The summed E-state index contributed by atoms with van der Waals surface area (Å²) >= 11 is 0. The quantitative estimate of drug-likeness (QED) is 0.0444. The molecular formula is C38H69NO12. The summed E-state index contributed by atoms with van der Waals surface area (Å²) in [6.07, 6.45) is 13.6. The van der Waals surface area contributed by atoms with Crippen molar-refractivity contribution < 1.29 is 57.1 Å². The zero-order valence-electron chi connectivity index (χ0n) is 32.2. The first-order chi connectivity index (χ1) is 24.7. The van der Waals surface area contributed by atoms with Gasteiger partial charge in [-0.25, -0.2) is 0 Å². The smallest absolute Gasteiger partial charge is 0.308 e. The van der Waals surface area contributed by atoms with Gasteiger partial charge < -0.3 is 38.5 Å². The molecule has 0 heterocycles. The number of ether oxygens (including phenoxy) is 7. The first-order valence-electron chi connectivity index (χ1n) is 19.3. The van der Waals surface area contributed by atoms with Gasteiger partial charge in [-0.1, -0.05) is 78.6 Å². The molecule has 0 bridgehead atoms. The number of unbranched alkanes of at least 4 members (excludes halogenated alkanes) is 10. The number of nitrogens with one attached hydrogen (secondary N) is 1. The molecule has 0 aliphatic rings. The molecule has 0 saturated heterocycles. The normalized spacial score (nSPS) is 11.2. The summed E-state index contributed by atoms with van der Waals surface area (Å²) < 4.78 is 38.0. The highest BCUT2D eigenvalue weighted by Crippen LogP contribution is 2.14. The lowest BCUT2D eigenvalue weighted by Gasteiger charge is -2.34. The molecule has 298 valence electrons. The Kier molecular flexibility index (Phi) is 32.5. The fourth-order valence-electron chi connectivity index (χ4n) is 4.79. The predicted molar refractivity (Wildman–Crippen MR) is 193 cm³/mol. The molecule has 13 heteroatoms. The fraction of sp³-hybridized carbons (Fsp3) is 0.868. The molecule has 1 amide bonds. The van der Waals surface area contributed by atoms with Gasteiger partial charge >= 0.3 is 23.9 Å². The van der Waals surface area contributed by atoms with Crippen LogP contribution < -0.4 is 5.32 Å². The summed E-state index contributed by atoms with van der Waals surface area (Å²) in [6.45, 7) is 7.23. The Bertz CT molecular complexity index is 839. The standard InChI is InChI=1S/C38H69NO12/c1-5-8-24-49-35(42)21-27-46-30-38(31-47-28-22-36(43)50-25-9-6-2,32-48-29-23-37(44)51-26-10-7-3)39-33(40)19-17-15-13-11-12-14-16-18-20-34(41)45-4/h5-32H2,1-4H3,(H,39,40). The third-order valence-corrected chi connectivity index (χ3v) is 7.94. The minimum absolute atomic E-state index is 0.0289. The molecule has 0 aliphatic heterocycles. The molecule has 0 fully saturated rings. The molecule has 0 aromatic heterocycles. The van der Waals surface area contributed by atoms with Crippen molar-refractivity contribution in [1.82, 2.24) is 5.32 Å². The average molecular weight is 732 g/mol. The minimum Gasteiger partial charge on any atom is -0.469 e. The van der Waals surface area contributed by atoms with Crippen LogP contribution in [0, 0.1) is 0 Å². The molecule has 0 saturated carbocycles. The molecule has 0 aliphatic carbocycles. The third-order valence-electron chi connectivity index (χ3n) is 7.94. The topological polar surface area (TPSA) is 162 Å². The van der Waals surface area contributed by atoms with Gasteiger partial charge in [0, 0.05) is 12.8 Å². The summed E-state index contributed by atoms with van der Waals surface area (Å²) in [5, 5.41) is 3.06. The second-order valence-corrected chi connectivity index (χ2v) is 12.9. The van der Waals surface area contributed by atoms with Crippen molar-refractivity contribution in [1.29, 1.82) is 0 Å². The Hall–Kier alpha value is -2.77. The van der Waals surface area contributed by atoms with Crippen molar-refractivity contribution in [2.75, 3.05) is 66.6 Å². The van der Waals surface area contributed by atoms with E-state index in [-0.39, 0.29) is 95.1 Å². The zero-order chi connectivity index (χ0) is 37.8. The molecule has 0 rings (SSSR count). The highest BCUT2D eigenvalue weighted by atomic mass is 16.6. The van der Waals surface area contributed by atoms with Crippen molar-refractivity contribution >= 4 is 29.8 Å². The second kappa shape index (κ2) is 34.3. The summed E-state index contributed by atoms with van der Waals surface area (Å²) in [7, 11) is 1.40. The Morgan fingerprint density at radius 3 is 1.14 bits per heavy atom. The van der Waals surface area contributed by atoms with Gasteiger partial charge in [0.15, 0.2) is 0 Å². The lowest BCUT2D eigenvalue weighted by atomic mass is 10.0.